The molecule has 0 spiro atoms. The van der Waals surface area contributed by atoms with Crippen LogP contribution < -0.4 is 0 Å². The van der Waals surface area contributed by atoms with E-state index in [2.05, 4.69) is 13.0 Å². The molecule has 4 rings (SSSR count). The van der Waals surface area contributed by atoms with Gasteiger partial charge in [-0.1, -0.05) is 32.4 Å². The van der Waals surface area contributed by atoms with E-state index in [4.69, 9.17) is 4.74 Å². The summed E-state index contributed by atoms with van der Waals surface area (Å²) in [5.74, 6) is -2.22. The van der Waals surface area contributed by atoms with Crippen molar-refractivity contribution in [3.05, 3.63) is 23.8 Å². The molecule has 4 aliphatic carbocycles. The summed E-state index contributed by atoms with van der Waals surface area (Å²) in [6, 6.07) is 0. The molecule has 0 saturated heterocycles. The van der Waals surface area contributed by atoms with Crippen LogP contribution >= 0.6 is 0 Å². The van der Waals surface area contributed by atoms with Gasteiger partial charge in [-0.25, -0.2) is 4.79 Å². The molecule has 31 heavy (non-hydrogen) atoms. The lowest BCUT2D eigenvalue weighted by Crippen LogP contribution is -2.60. The lowest BCUT2D eigenvalue weighted by atomic mass is 9.47. The number of esters is 1. The average Bonchev–Trinajstić information content (AvgIpc) is 3.01. The maximum absolute atomic E-state index is 13.0. The van der Waals surface area contributed by atoms with Gasteiger partial charge < -0.3 is 9.84 Å². The number of carbonyl (C=O) groups excluding carboxylic acids is 3. The predicted molar refractivity (Wildman–Crippen MR) is 113 cm³/mol. The van der Waals surface area contributed by atoms with E-state index >= 15 is 0 Å². The molecule has 0 unspecified atom stereocenters. The molecule has 4 aliphatic rings. The Morgan fingerprint density at radius 1 is 1.13 bits per heavy atom. The van der Waals surface area contributed by atoms with E-state index in [0.717, 1.165) is 19.3 Å². The van der Waals surface area contributed by atoms with Crippen molar-refractivity contribution in [1.29, 1.82) is 0 Å². The van der Waals surface area contributed by atoms with Gasteiger partial charge in [-0.2, -0.15) is 0 Å². The number of fused-ring (bicyclic) bond motifs is 5. The molecule has 3 fully saturated rings. The van der Waals surface area contributed by atoms with Crippen LogP contribution in [-0.4, -0.2) is 34.2 Å². The third-order valence-electron chi connectivity index (χ3n) is 8.98. The summed E-state index contributed by atoms with van der Waals surface area (Å²) in [5.41, 5.74) is -1.28. The van der Waals surface area contributed by atoms with Crippen molar-refractivity contribution in [2.75, 3.05) is 0 Å². The molecule has 0 aromatic rings. The largest absolute Gasteiger partial charge is 0.475 e. The van der Waals surface area contributed by atoms with Crippen LogP contribution in [0, 0.1) is 28.6 Å². The lowest BCUT2D eigenvalue weighted by Gasteiger charge is -2.58. The van der Waals surface area contributed by atoms with E-state index in [9.17, 15) is 24.3 Å². The highest BCUT2D eigenvalue weighted by Gasteiger charge is 2.69. The molecule has 0 aromatic carbocycles. The first-order valence-electron chi connectivity index (χ1n) is 11.5. The van der Waals surface area contributed by atoms with Crippen molar-refractivity contribution in [2.45, 2.75) is 77.7 Å². The molecule has 0 amide bonds. The number of rotatable bonds is 5. The molecule has 6 nitrogen and oxygen atoms in total. The summed E-state index contributed by atoms with van der Waals surface area (Å²) in [7, 11) is 0. The third-order valence-corrected chi connectivity index (χ3v) is 8.98. The van der Waals surface area contributed by atoms with Crippen LogP contribution in [0.3, 0.4) is 0 Å². The molecule has 0 heterocycles. The van der Waals surface area contributed by atoms with Gasteiger partial charge in [-0.15, -0.1) is 0 Å². The van der Waals surface area contributed by atoms with Crippen molar-refractivity contribution in [1.82, 2.24) is 0 Å². The first-order valence-corrected chi connectivity index (χ1v) is 11.5. The van der Waals surface area contributed by atoms with Gasteiger partial charge >= 0.3 is 11.9 Å². The van der Waals surface area contributed by atoms with E-state index in [1.165, 1.54) is 5.57 Å². The highest BCUT2D eigenvalue weighted by Crippen LogP contribution is 2.67. The number of carboxylic acids is 1. The summed E-state index contributed by atoms with van der Waals surface area (Å²) >= 11 is 0. The summed E-state index contributed by atoms with van der Waals surface area (Å²) < 4.78 is 5.82. The third kappa shape index (κ3) is 3.05. The quantitative estimate of drug-likeness (QED) is 0.524. The van der Waals surface area contributed by atoms with Crippen molar-refractivity contribution < 1.29 is 29.0 Å². The number of Topliss-reactive ketones (excluding diaryl/α,β-unsaturated/α-hetero) is 1. The van der Waals surface area contributed by atoms with Gasteiger partial charge in [0.25, 0.3) is 5.78 Å². The second-order valence-corrected chi connectivity index (χ2v) is 10.3. The van der Waals surface area contributed by atoms with Crippen LogP contribution in [0.2, 0.25) is 0 Å². The van der Waals surface area contributed by atoms with Crippen LogP contribution in [0.15, 0.2) is 23.8 Å². The minimum atomic E-state index is -1.59. The number of carboxylic acid groups (broad SMARTS) is 1. The van der Waals surface area contributed by atoms with Crippen molar-refractivity contribution in [3.8, 4) is 0 Å². The van der Waals surface area contributed by atoms with E-state index in [0.29, 0.717) is 31.1 Å². The van der Waals surface area contributed by atoms with Crippen molar-refractivity contribution >= 4 is 23.5 Å². The van der Waals surface area contributed by atoms with Crippen LogP contribution in [0.25, 0.3) is 0 Å². The summed E-state index contributed by atoms with van der Waals surface area (Å²) in [6.07, 6.45) is 10.4. The summed E-state index contributed by atoms with van der Waals surface area (Å²) in [5, 5.41) is 9.62. The SMILES string of the molecule is CCCC(=O)O[C@]1(C(=O)C(=O)O)CC[C@H]2[C@@H]3CCC4=CC(=O)C=C[C@]4(C)[C@H]3CC[C@@]21C. The molecular formula is C25H32O6. The monoisotopic (exact) mass is 428 g/mol. The summed E-state index contributed by atoms with van der Waals surface area (Å²) in [4.78, 5) is 49.2. The Kier molecular flexibility index (Phi) is 5.26. The smallest absolute Gasteiger partial charge is 0.376 e. The molecule has 168 valence electrons. The zero-order valence-electron chi connectivity index (χ0n) is 18.6. The Morgan fingerprint density at radius 2 is 1.84 bits per heavy atom. The van der Waals surface area contributed by atoms with Crippen molar-refractivity contribution in [3.63, 3.8) is 0 Å². The molecule has 0 aromatic heterocycles. The molecular weight excluding hydrogens is 396 g/mol. The first kappa shape index (κ1) is 22.0. The van der Waals surface area contributed by atoms with Crippen LogP contribution in [0.1, 0.15) is 72.1 Å². The fourth-order valence-electron chi connectivity index (χ4n) is 7.41. The van der Waals surface area contributed by atoms with E-state index < -0.39 is 28.7 Å². The van der Waals surface area contributed by atoms with E-state index in [-0.39, 0.29) is 30.0 Å². The topological polar surface area (TPSA) is 97.7 Å². The second-order valence-electron chi connectivity index (χ2n) is 10.3. The minimum Gasteiger partial charge on any atom is -0.475 e. The standard InChI is InChI=1S/C25H32O6/c1-4-5-20(27)31-25(21(28)22(29)30)13-10-19-17-7-6-15-14-16(26)8-11-23(15,2)18(17)9-12-24(19,25)3/h8,11,14,17-19H,4-7,9-10,12-13H2,1-3H3,(H,29,30)/t17-,18+,19+,23+,24+,25+/m1/s1. The van der Waals surface area contributed by atoms with Crippen LogP contribution in [0.5, 0.6) is 0 Å². The Hall–Kier alpha value is -2.24. The van der Waals surface area contributed by atoms with Gasteiger partial charge in [0.15, 0.2) is 11.4 Å². The van der Waals surface area contributed by atoms with Gasteiger partial charge in [-0.05, 0) is 74.9 Å². The number of ether oxygens (including phenoxy) is 1. The van der Waals surface area contributed by atoms with Crippen molar-refractivity contribution in [2.24, 2.45) is 28.6 Å². The minimum absolute atomic E-state index is 0.0429. The van der Waals surface area contributed by atoms with Crippen LogP contribution in [-0.2, 0) is 23.9 Å². The molecule has 1 N–H and O–H groups in total. The normalized spacial score (nSPS) is 40.9. The number of allylic oxidation sites excluding steroid dienone is 4. The molecule has 6 atom stereocenters. The number of aliphatic carboxylic acids is 1. The fraction of sp³-hybridized carbons (Fsp3) is 0.680. The highest BCUT2D eigenvalue weighted by atomic mass is 16.6. The average molecular weight is 429 g/mol. The number of ketones is 2. The zero-order chi connectivity index (χ0) is 22.6. The molecule has 6 heteroatoms. The number of carbonyl (C=O) groups is 4. The lowest BCUT2D eigenvalue weighted by molar-refractivity contribution is -0.192. The van der Waals surface area contributed by atoms with Gasteiger partial charge in [0.1, 0.15) is 0 Å². The summed E-state index contributed by atoms with van der Waals surface area (Å²) in [6.45, 7) is 6.02. The van der Waals surface area contributed by atoms with Crippen LogP contribution in [0.4, 0.5) is 0 Å². The fourth-order valence-corrected chi connectivity index (χ4v) is 7.41. The maximum atomic E-state index is 13.0. The number of hydrogen-bond donors (Lipinski definition) is 1. The van der Waals surface area contributed by atoms with Gasteiger partial charge in [0, 0.05) is 17.3 Å². The molecule has 0 radical (unpaired) electrons. The highest BCUT2D eigenvalue weighted by molar-refractivity contribution is 6.36. The Bertz CT molecular complexity index is 900. The van der Waals surface area contributed by atoms with Gasteiger partial charge in [0.05, 0.1) is 0 Å². The predicted octanol–water partition coefficient (Wildman–Crippen LogP) is 4.03. The van der Waals surface area contributed by atoms with Gasteiger partial charge in [-0.3, -0.25) is 14.4 Å². The zero-order valence-corrected chi connectivity index (χ0v) is 18.6. The Balaban J connectivity index is 1.71. The second kappa shape index (κ2) is 7.42. The Labute approximate surface area is 183 Å². The molecule has 0 aliphatic heterocycles. The van der Waals surface area contributed by atoms with Gasteiger partial charge in [0.2, 0.25) is 0 Å². The number of hydrogen-bond acceptors (Lipinski definition) is 5. The first-order chi connectivity index (χ1) is 14.6. The molecule has 0 bridgehead atoms. The molecule has 3 saturated carbocycles. The van der Waals surface area contributed by atoms with E-state index in [1.807, 2.05) is 13.8 Å². The van der Waals surface area contributed by atoms with E-state index in [1.54, 1.807) is 12.2 Å². The Morgan fingerprint density at radius 3 is 2.52 bits per heavy atom. The maximum Gasteiger partial charge on any atom is 0.376 e.